The number of nitrogens with two attached hydrogens (primary N) is 1. The number of benzene rings is 1. The first-order valence-electron chi connectivity index (χ1n) is 7.28. The molecule has 1 saturated carbocycles. The molecule has 1 aliphatic carbocycles. The third kappa shape index (κ3) is 3.73. The van der Waals surface area contributed by atoms with Crippen molar-refractivity contribution in [3.05, 3.63) is 24.3 Å². The molecule has 20 heavy (non-hydrogen) atoms. The van der Waals surface area contributed by atoms with Crippen LogP contribution < -0.4 is 11.1 Å². The van der Waals surface area contributed by atoms with Gasteiger partial charge in [0.15, 0.2) is 9.84 Å². The first-order chi connectivity index (χ1) is 9.52. The molecule has 1 aliphatic rings. The average molecular weight is 296 g/mol. The van der Waals surface area contributed by atoms with Crippen molar-refractivity contribution in [2.45, 2.75) is 43.0 Å². The second kappa shape index (κ2) is 6.59. The van der Waals surface area contributed by atoms with Crippen molar-refractivity contribution < 1.29 is 8.42 Å². The number of rotatable bonds is 5. The van der Waals surface area contributed by atoms with Crippen molar-refractivity contribution in [3.8, 4) is 0 Å². The second-order valence-electron chi connectivity index (χ2n) is 5.65. The Bertz CT molecular complexity index is 537. The van der Waals surface area contributed by atoms with Gasteiger partial charge in [0.1, 0.15) is 0 Å². The molecule has 0 aromatic heterocycles. The van der Waals surface area contributed by atoms with Gasteiger partial charge >= 0.3 is 0 Å². The topological polar surface area (TPSA) is 72.2 Å². The van der Waals surface area contributed by atoms with Gasteiger partial charge in [0.05, 0.1) is 10.6 Å². The highest BCUT2D eigenvalue weighted by molar-refractivity contribution is 7.90. The lowest BCUT2D eigenvalue weighted by atomic mass is 9.84. The molecule has 1 atom stereocenters. The molecule has 1 unspecified atom stereocenters. The summed E-state index contributed by atoms with van der Waals surface area (Å²) < 4.78 is 23.7. The molecule has 1 aromatic carbocycles. The van der Waals surface area contributed by atoms with Crippen molar-refractivity contribution in [3.63, 3.8) is 0 Å². The Kier molecular flexibility index (Phi) is 5.05. The highest BCUT2D eigenvalue weighted by atomic mass is 32.2. The predicted molar refractivity (Wildman–Crippen MR) is 82.6 cm³/mol. The van der Waals surface area contributed by atoms with Gasteiger partial charge in [-0.25, -0.2) is 8.42 Å². The Morgan fingerprint density at radius 1 is 1.25 bits per heavy atom. The van der Waals surface area contributed by atoms with Gasteiger partial charge in [-0.15, -0.1) is 0 Å². The molecule has 0 radical (unpaired) electrons. The lowest BCUT2D eigenvalue weighted by molar-refractivity contribution is 0.320. The minimum atomic E-state index is -3.22. The Morgan fingerprint density at radius 3 is 2.50 bits per heavy atom. The van der Waals surface area contributed by atoms with E-state index in [9.17, 15) is 8.42 Å². The third-order valence-corrected chi connectivity index (χ3v) is 5.26. The first-order valence-corrected chi connectivity index (χ1v) is 9.17. The second-order valence-corrected chi connectivity index (χ2v) is 7.64. The van der Waals surface area contributed by atoms with Gasteiger partial charge in [-0.2, -0.15) is 0 Å². The van der Waals surface area contributed by atoms with E-state index in [1.54, 1.807) is 12.1 Å². The third-order valence-electron chi connectivity index (χ3n) is 4.10. The fourth-order valence-electron chi connectivity index (χ4n) is 3.01. The number of para-hydroxylation sites is 1. The number of hydrogen-bond donors (Lipinski definition) is 2. The molecule has 0 spiro atoms. The van der Waals surface area contributed by atoms with E-state index in [1.807, 2.05) is 12.1 Å². The van der Waals surface area contributed by atoms with E-state index in [-0.39, 0.29) is 6.04 Å². The van der Waals surface area contributed by atoms with E-state index in [0.717, 1.165) is 0 Å². The zero-order valence-electron chi connectivity index (χ0n) is 12.0. The summed E-state index contributed by atoms with van der Waals surface area (Å²) in [5.41, 5.74) is 6.58. The van der Waals surface area contributed by atoms with E-state index in [0.29, 0.717) is 23.0 Å². The summed E-state index contributed by atoms with van der Waals surface area (Å²) in [6.45, 7) is 0.531. The van der Waals surface area contributed by atoms with Crippen molar-refractivity contribution in [1.29, 1.82) is 0 Å². The van der Waals surface area contributed by atoms with E-state index in [4.69, 9.17) is 5.73 Å². The summed E-state index contributed by atoms with van der Waals surface area (Å²) in [5, 5.41) is 3.37. The van der Waals surface area contributed by atoms with E-state index >= 15 is 0 Å². The van der Waals surface area contributed by atoms with Crippen molar-refractivity contribution in [1.82, 2.24) is 0 Å². The Labute approximate surface area is 121 Å². The molecule has 5 heteroatoms. The monoisotopic (exact) mass is 296 g/mol. The summed E-state index contributed by atoms with van der Waals surface area (Å²) in [5.74, 6) is 0.543. The van der Waals surface area contributed by atoms with Gasteiger partial charge in [0, 0.05) is 18.8 Å². The molecule has 4 nitrogen and oxygen atoms in total. The fourth-order valence-corrected chi connectivity index (χ4v) is 3.87. The maximum Gasteiger partial charge on any atom is 0.177 e. The maximum atomic E-state index is 11.8. The quantitative estimate of drug-likeness (QED) is 0.875. The molecular formula is C15H24N2O2S. The molecule has 3 N–H and O–H groups in total. The largest absolute Gasteiger partial charge is 0.380 e. The minimum absolute atomic E-state index is 0.151. The highest BCUT2D eigenvalue weighted by Gasteiger charge is 2.24. The average Bonchev–Trinajstić information content (AvgIpc) is 2.45. The van der Waals surface area contributed by atoms with Gasteiger partial charge in [0.25, 0.3) is 0 Å². The maximum absolute atomic E-state index is 11.8. The van der Waals surface area contributed by atoms with Crippen LogP contribution in [0.25, 0.3) is 0 Å². The summed E-state index contributed by atoms with van der Waals surface area (Å²) in [6, 6.07) is 7.22. The van der Waals surface area contributed by atoms with Crippen LogP contribution in [0.4, 0.5) is 5.69 Å². The number of nitrogens with one attached hydrogen (secondary N) is 1. The van der Waals surface area contributed by atoms with E-state index < -0.39 is 9.84 Å². The fraction of sp³-hybridized carbons (Fsp3) is 0.600. The van der Waals surface area contributed by atoms with Gasteiger partial charge in [-0.1, -0.05) is 31.4 Å². The van der Waals surface area contributed by atoms with Crippen LogP contribution in [-0.2, 0) is 9.84 Å². The molecule has 112 valence electrons. The van der Waals surface area contributed by atoms with Crippen molar-refractivity contribution >= 4 is 15.5 Å². The first kappa shape index (κ1) is 15.3. The summed E-state index contributed by atoms with van der Waals surface area (Å²) >= 11 is 0. The van der Waals surface area contributed by atoms with Gasteiger partial charge in [0.2, 0.25) is 0 Å². The molecule has 1 aromatic rings. The molecule has 2 rings (SSSR count). The summed E-state index contributed by atoms with van der Waals surface area (Å²) in [4.78, 5) is 0.356. The lowest BCUT2D eigenvalue weighted by Crippen LogP contribution is -2.37. The zero-order chi connectivity index (χ0) is 14.6. The molecular weight excluding hydrogens is 272 g/mol. The molecule has 1 fully saturated rings. The number of anilines is 1. The van der Waals surface area contributed by atoms with Gasteiger partial charge in [-0.05, 0) is 30.9 Å². The van der Waals surface area contributed by atoms with Crippen LogP contribution in [0.5, 0.6) is 0 Å². The zero-order valence-corrected chi connectivity index (χ0v) is 12.8. The molecule has 0 bridgehead atoms. The van der Waals surface area contributed by atoms with Crippen LogP contribution in [0.15, 0.2) is 29.2 Å². The van der Waals surface area contributed by atoms with Gasteiger partial charge < -0.3 is 11.1 Å². The molecule has 0 amide bonds. The van der Waals surface area contributed by atoms with Crippen LogP contribution in [0, 0.1) is 5.92 Å². The molecule has 0 saturated heterocycles. The van der Waals surface area contributed by atoms with Gasteiger partial charge in [-0.3, -0.25) is 0 Å². The Hall–Kier alpha value is -1.07. The number of sulfone groups is 1. The Balaban J connectivity index is 2.19. The van der Waals surface area contributed by atoms with Crippen molar-refractivity contribution in [2.24, 2.45) is 11.7 Å². The SMILES string of the molecule is CS(=O)(=O)c1ccccc1NC(CN)C1CCCCC1. The van der Waals surface area contributed by atoms with Crippen LogP contribution >= 0.6 is 0 Å². The standard InChI is InChI=1S/C15H24N2O2S/c1-20(18,19)15-10-6-5-9-13(15)17-14(11-16)12-7-3-2-4-8-12/h5-6,9-10,12,14,17H,2-4,7-8,11,16H2,1H3. The van der Waals surface area contributed by atoms with Crippen LogP contribution in [0.1, 0.15) is 32.1 Å². The van der Waals surface area contributed by atoms with E-state index in [1.165, 1.54) is 38.4 Å². The smallest absolute Gasteiger partial charge is 0.177 e. The molecule has 0 heterocycles. The Morgan fingerprint density at radius 2 is 1.90 bits per heavy atom. The van der Waals surface area contributed by atoms with Crippen molar-refractivity contribution in [2.75, 3.05) is 18.1 Å². The number of hydrogen-bond acceptors (Lipinski definition) is 4. The molecule has 0 aliphatic heterocycles. The predicted octanol–water partition coefficient (Wildman–Crippen LogP) is 2.41. The van der Waals surface area contributed by atoms with E-state index in [2.05, 4.69) is 5.32 Å². The summed E-state index contributed by atoms with van der Waals surface area (Å²) in [6.07, 6.45) is 7.39. The lowest BCUT2D eigenvalue weighted by Gasteiger charge is -2.31. The van der Waals surface area contributed by atoms with Crippen LogP contribution in [0.3, 0.4) is 0 Å². The summed E-state index contributed by atoms with van der Waals surface area (Å²) in [7, 11) is -3.22. The van der Waals surface area contributed by atoms with Crippen LogP contribution in [-0.4, -0.2) is 27.3 Å². The minimum Gasteiger partial charge on any atom is -0.380 e. The normalized spacial score (nSPS) is 18.7. The highest BCUT2D eigenvalue weighted by Crippen LogP contribution is 2.29. The van der Waals surface area contributed by atoms with Crippen LogP contribution in [0.2, 0.25) is 0 Å².